The number of hydrogen-bond donors (Lipinski definition) is 1. The van der Waals surface area contributed by atoms with E-state index < -0.39 is 0 Å². The molecule has 0 aliphatic carbocycles. The van der Waals surface area contributed by atoms with E-state index in [-0.39, 0.29) is 24.0 Å². The van der Waals surface area contributed by atoms with E-state index in [1.807, 2.05) is 11.0 Å². The molecule has 1 aromatic rings. The van der Waals surface area contributed by atoms with Crippen molar-refractivity contribution in [1.29, 1.82) is 0 Å². The van der Waals surface area contributed by atoms with Crippen LogP contribution in [0.1, 0.15) is 44.0 Å². The highest BCUT2D eigenvalue weighted by atomic mass is 32.1. The van der Waals surface area contributed by atoms with Gasteiger partial charge in [0.25, 0.3) is 0 Å². The number of carbonyl (C=O) groups excluding carboxylic acids is 1. The van der Waals surface area contributed by atoms with Crippen LogP contribution in [0.15, 0.2) is 17.5 Å². The summed E-state index contributed by atoms with van der Waals surface area (Å²) in [4.78, 5) is 15.4. The Morgan fingerprint density at radius 3 is 2.88 bits per heavy atom. The first-order valence-electron chi connectivity index (χ1n) is 6.21. The maximum atomic E-state index is 12.2. The van der Waals surface area contributed by atoms with Gasteiger partial charge < -0.3 is 10.6 Å². The summed E-state index contributed by atoms with van der Waals surface area (Å²) >= 11 is 1.69. The van der Waals surface area contributed by atoms with E-state index >= 15 is 0 Å². The second-order valence-corrected chi connectivity index (χ2v) is 5.89. The zero-order valence-electron chi connectivity index (χ0n) is 10.4. The summed E-state index contributed by atoms with van der Waals surface area (Å²) in [6.45, 7) is 4.13. The molecule has 4 heteroatoms. The van der Waals surface area contributed by atoms with E-state index in [0.717, 1.165) is 12.8 Å². The van der Waals surface area contributed by atoms with Crippen LogP contribution in [0.5, 0.6) is 0 Å². The molecule has 17 heavy (non-hydrogen) atoms. The molecule has 1 amide bonds. The van der Waals surface area contributed by atoms with Crippen molar-refractivity contribution in [1.82, 2.24) is 4.90 Å². The van der Waals surface area contributed by atoms with Gasteiger partial charge in [-0.15, -0.1) is 11.3 Å². The van der Waals surface area contributed by atoms with E-state index in [4.69, 9.17) is 5.73 Å². The number of hydrogen-bond acceptors (Lipinski definition) is 3. The molecule has 2 unspecified atom stereocenters. The zero-order chi connectivity index (χ0) is 12.4. The van der Waals surface area contributed by atoms with Crippen LogP contribution in [0.4, 0.5) is 0 Å². The lowest BCUT2D eigenvalue weighted by Crippen LogP contribution is -2.45. The van der Waals surface area contributed by atoms with Gasteiger partial charge in [0.05, 0.1) is 6.04 Å². The summed E-state index contributed by atoms with van der Waals surface area (Å²) < 4.78 is 0. The summed E-state index contributed by atoms with van der Waals surface area (Å²) in [5.41, 5.74) is 6.27. The maximum Gasteiger partial charge on any atom is 0.223 e. The second kappa shape index (κ2) is 5.19. The number of likely N-dealkylation sites (tertiary alicyclic amines) is 1. The Labute approximate surface area is 107 Å². The third-order valence-corrected chi connectivity index (χ3v) is 4.26. The Morgan fingerprint density at radius 1 is 1.53 bits per heavy atom. The monoisotopic (exact) mass is 252 g/mol. The summed E-state index contributed by atoms with van der Waals surface area (Å²) in [6, 6.07) is 4.44. The van der Waals surface area contributed by atoms with Crippen LogP contribution in [0.3, 0.4) is 0 Å². The van der Waals surface area contributed by atoms with Crippen molar-refractivity contribution >= 4 is 17.2 Å². The Hall–Kier alpha value is -0.870. The molecule has 0 aromatic carbocycles. The van der Waals surface area contributed by atoms with Crippen LogP contribution in [-0.4, -0.2) is 22.9 Å². The zero-order valence-corrected chi connectivity index (χ0v) is 11.2. The fourth-order valence-corrected chi connectivity index (χ4v) is 3.45. The summed E-state index contributed by atoms with van der Waals surface area (Å²) in [6.07, 6.45) is 2.47. The molecule has 2 heterocycles. The molecule has 2 rings (SSSR count). The van der Waals surface area contributed by atoms with Crippen molar-refractivity contribution in [3.05, 3.63) is 22.4 Å². The standard InChI is InChI=1S/C13H20N2OS/c1-9(2)15-12(16)7-3-5-10(14)13(15)11-6-4-8-17-11/h4,6,8-10,13H,3,5,7,14H2,1-2H3. The number of amides is 1. The Balaban J connectivity index is 2.36. The van der Waals surface area contributed by atoms with Gasteiger partial charge in [-0.05, 0) is 38.1 Å². The lowest BCUT2D eigenvalue weighted by Gasteiger charge is -2.36. The van der Waals surface area contributed by atoms with Crippen molar-refractivity contribution in [3.8, 4) is 0 Å². The molecule has 0 radical (unpaired) electrons. The third-order valence-electron chi connectivity index (χ3n) is 3.31. The van der Waals surface area contributed by atoms with Crippen LogP contribution in [0.25, 0.3) is 0 Å². The Morgan fingerprint density at radius 2 is 2.29 bits per heavy atom. The van der Waals surface area contributed by atoms with Crippen LogP contribution in [0, 0.1) is 0 Å². The number of nitrogens with zero attached hydrogens (tertiary/aromatic N) is 1. The molecule has 0 saturated carbocycles. The fourth-order valence-electron chi connectivity index (χ4n) is 2.55. The van der Waals surface area contributed by atoms with Gasteiger partial charge in [-0.1, -0.05) is 6.07 Å². The highest BCUT2D eigenvalue weighted by Gasteiger charge is 2.34. The molecule has 1 aliphatic rings. The van der Waals surface area contributed by atoms with E-state index in [0.29, 0.717) is 6.42 Å². The van der Waals surface area contributed by atoms with E-state index in [1.54, 1.807) is 11.3 Å². The number of thiophene rings is 1. The van der Waals surface area contributed by atoms with Gasteiger partial charge in [0.1, 0.15) is 0 Å². The lowest BCUT2D eigenvalue weighted by atomic mass is 10.0. The molecule has 1 saturated heterocycles. The third kappa shape index (κ3) is 2.53. The smallest absolute Gasteiger partial charge is 0.223 e. The van der Waals surface area contributed by atoms with E-state index in [2.05, 4.69) is 25.3 Å². The molecule has 94 valence electrons. The number of rotatable bonds is 2. The quantitative estimate of drug-likeness (QED) is 0.879. The minimum atomic E-state index is 0.0579. The molecule has 3 nitrogen and oxygen atoms in total. The van der Waals surface area contributed by atoms with Crippen molar-refractivity contribution in [2.45, 2.75) is 51.2 Å². The fraction of sp³-hybridized carbons (Fsp3) is 0.615. The Bertz CT molecular complexity index is 375. The first-order valence-corrected chi connectivity index (χ1v) is 7.09. The van der Waals surface area contributed by atoms with Gasteiger partial charge in [0, 0.05) is 23.4 Å². The second-order valence-electron chi connectivity index (χ2n) is 4.91. The average molecular weight is 252 g/mol. The average Bonchev–Trinajstić information content (AvgIpc) is 2.72. The van der Waals surface area contributed by atoms with Crippen molar-refractivity contribution in [2.24, 2.45) is 5.73 Å². The van der Waals surface area contributed by atoms with Crippen LogP contribution in [-0.2, 0) is 4.79 Å². The van der Waals surface area contributed by atoms with Gasteiger partial charge in [0.2, 0.25) is 5.91 Å². The van der Waals surface area contributed by atoms with Crippen molar-refractivity contribution in [2.75, 3.05) is 0 Å². The first kappa shape index (κ1) is 12.6. The van der Waals surface area contributed by atoms with Crippen LogP contribution < -0.4 is 5.73 Å². The van der Waals surface area contributed by atoms with Crippen LogP contribution >= 0.6 is 11.3 Å². The maximum absolute atomic E-state index is 12.2. The number of nitrogens with two attached hydrogens (primary N) is 1. The first-order chi connectivity index (χ1) is 8.11. The normalized spacial score (nSPS) is 26.4. The Kier molecular flexibility index (Phi) is 3.84. The molecule has 2 N–H and O–H groups in total. The molecular formula is C13H20N2OS. The van der Waals surface area contributed by atoms with Gasteiger partial charge >= 0.3 is 0 Å². The van der Waals surface area contributed by atoms with Gasteiger partial charge in [-0.3, -0.25) is 4.79 Å². The molecular weight excluding hydrogens is 232 g/mol. The molecule has 2 atom stereocenters. The number of carbonyl (C=O) groups is 1. The van der Waals surface area contributed by atoms with Gasteiger partial charge in [-0.25, -0.2) is 0 Å². The molecule has 1 aromatic heterocycles. The predicted octanol–water partition coefficient (Wildman–Crippen LogP) is 2.54. The van der Waals surface area contributed by atoms with Gasteiger partial charge in [-0.2, -0.15) is 0 Å². The van der Waals surface area contributed by atoms with E-state index in [1.165, 1.54) is 4.88 Å². The SMILES string of the molecule is CC(C)N1C(=O)CCCC(N)C1c1cccs1. The van der Waals surface area contributed by atoms with Crippen molar-refractivity contribution < 1.29 is 4.79 Å². The minimum Gasteiger partial charge on any atom is -0.331 e. The van der Waals surface area contributed by atoms with Crippen LogP contribution in [0.2, 0.25) is 0 Å². The minimum absolute atomic E-state index is 0.0579. The lowest BCUT2D eigenvalue weighted by molar-refractivity contribution is -0.135. The van der Waals surface area contributed by atoms with Crippen molar-refractivity contribution in [3.63, 3.8) is 0 Å². The topological polar surface area (TPSA) is 46.3 Å². The summed E-state index contributed by atoms with van der Waals surface area (Å²) in [5, 5.41) is 2.05. The molecule has 0 bridgehead atoms. The summed E-state index contributed by atoms with van der Waals surface area (Å²) in [5.74, 6) is 0.242. The highest BCUT2D eigenvalue weighted by molar-refractivity contribution is 7.10. The van der Waals surface area contributed by atoms with Gasteiger partial charge in [0.15, 0.2) is 0 Å². The predicted molar refractivity (Wildman–Crippen MR) is 70.9 cm³/mol. The summed E-state index contributed by atoms with van der Waals surface area (Å²) in [7, 11) is 0. The molecule has 0 spiro atoms. The van der Waals surface area contributed by atoms with E-state index in [9.17, 15) is 4.79 Å². The highest BCUT2D eigenvalue weighted by Crippen LogP contribution is 2.33. The largest absolute Gasteiger partial charge is 0.331 e. The molecule has 1 aliphatic heterocycles. The molecule has 1 fully saturated rings.